The molecule has 19 nitrogen and oxygen atoms in total. The molecule has 22 heteroatoms. The molecule has 0 heterocycles. The molecule has 4 rings (SSSR count). The standard InChI is InChI=1S/C30H34N6O13S3/c1-17-12-24(26(49-3)16-23(17)33-32-20-4-6-21(7-5-20)50(41,42)36(8-10-37)9-11-38)34-35-29-27(52(46,47)48)14-19-13-22(51(43,44)45)15-25(31-18(2)39)28(19)30(29)40/h4-7,12-16,32-33,37-38,40H,8-11H2,1-3H3,(H,31,39)(H,43,44,45)(H,46,47,48). The largest absolute Gasteiger partial charge is 0.505 e. The number of hydrogen-bond donors (Lipinski definition) is 8. The van der Waals surface area contributed by atoms with Crippen LogP contribution in [-0.2, 0) is 35.1 Å². The zero-order valence-electron chi connectivity index (χ0n) is 27.6. The third-order valence-corrected chi connectivity index (χ3v) is 10.9. The maximum Gasteiger partial charge on any atom is 0.296 e. The number of phenolic OH excluding ortho intramolecular Hbond substituents is 1. The first-order valence-electron chi connectivity index (χ1n) is 14.8. The number of aliphatic hydroxyl groups is 2. The highest BCUT2D eigenvalue weighted by Crippen LogP contribution is 2.46. The second-order valence-corrected chi connectivity index (χ2v) is 15.7. The Bertz CT molecular complexity index is 2360. The topological polar surface area (TPSA) is 294 Å². The lowest BCUT2D eigenvalue weighted by Gasteiger charge is -2.20. The zero-order chi connectivity index (χ0) is 38.6. The number of amides is 1. The minimum atomic E-state index is -5.14. The molecule has 4 aromatic rings. The Hall–Kier alpha value is -4.94. The second-order valence-electron chi connectivity index (χ2n) is 10.9. The van der Waals surface area contributed by atoms with E-state index in [1.54, 1.807) is 6.92 Å². The quantitative estimate of drug-likeness (QED) is 0.0488. The molecule has 0 saturated heterocycles. The molecule has 0 atom stereocenters. The number of sulfonamides is 1. The highest BCUT2D eigenvalue weighted by atomic mass is 32.2. The number of nitrogens with one attached hydrogen (secondary N) is 3. The van der Waals surface area contributed by atoms with Gasteiger partial charge >= 0.3 is 0 Å². The van der Waals surface area contributed by atoms with Gasteiger partial charge in [-0.05, 0) is 66.4 Å². The normalized spacial score (nSPS) is 12.4. The lowest BCUT2D eigenvalue weighted by atomic mass is 10.1. The maximum absolute atomic E-state index is 12.9. The summed E-state index contributed by atoms with van der Waals surface area (Å²) in [5.41, 5.74) is 6.22. The predicted molar refractivity (Wildman–Crippen MR) is 188 cm³/mol. The highest BCUT2D eigenvalue weighted by molar-refractivity contribution is 7.89. The number of anilines is 3. The van der Waals surface area contributed by atoms with Gasteiger partial charge in [-0.15, -0.1) is 10.2 Å². The molecule has 0 unspecified atom stereocenters. The SMILES string of the molecule is COc1cc(NNc2ccc(S(=O)(=O)N(CCO)CCO)cc2)c(C)cc1N=Nc1c(S(=O)(=O)O)cc2cc(S(=O)(=O)O)cc(NC(C)=O)c2c1O. The fraction of sp³-hybridized carbons (Fsp3) is 0.233. The fourth-order valence-corrected chi connectivity index (χ4v) is 7.54. The number of methoxy groups -OCH3 is 1. The predicted octanol–water partition coefficient (Wildman–Crippen LogP) is 3.14. The van der Waals surface area contributed by atoms with Crippen molar-refractivity contribution in [1.82, 2.24) is 4.31 Å². The van der Waals surface area contributed by atoms with Gasteiger partial charge in [-0.1, -0.05) is 0 Å². The number of fused-ring (bicyclic) bond motifs is 1. The van der Waals surface area contributed by atoms with E-state index in [-0.39, 0.29) is 45.9 Å². The number of aliphatic hydroxyl groups excluding tert-OH is 2. The van der Waals surface area contributed by atoms with Crippen molar-refractivity contribution in [3.05, 3.63) is 60.2 Å². The molecule has 52 heavy (non-hydrogen) atoms. The first-order valence-corrected chi connectivity index (χ1v) is 19.1. The van der Waals surface area contributed by atoms with Crippen molar-refractivity contribution >= 4 is 75.4 Å². The Morgan fingerprint density at radius 3 is 2.00 bits per heavy atom. The van der Waals surface area contributed by atoms with Crippen molar-refractivity contribution < 1.29 is 59.2 Å². The Morgan fingerprint density at radius 1 is 0.827 bits per heavy atom. The summed E-state index contributed by atoms with van der Waals surface area (Å²) >= 11 is 0. The van der Waals surface area contributed by atoms with Gasteiger partial charge in [0, 0.05) is 31.5 Å². The Labute approximate surface area is 298 Å². The molecule has 4 aromatic carbocycles. The van der Waals surface area contributed by atoms with E-state index >= 15 is 0 Å². The number of hydrogen-bond acceptors (Lipinski definition) is 15. The number of ether oxygens (including phenoxy) is 1. The van der Waals surface area contributed by atoms with Gasteiger partial charge in [-0.2, -0.15) is 21.1 Å². The van der Waals surface area contributed by atoms with Crippen molar-refractivity contribution in [1.29, 1.82) is 0 Å². The summed E-state index contributed by atoms with van der Waals surface area (Å²) in [6.45, 7) is 1.52. The van der Waals surface area contributed by atoms with E-state index in [0.717, 1.165) is 29.4 Å². The number of rotatable bonds is 15. The van der Waals surface area contributed by atoms with Crippen LogP contribution in [-0.4, -0.2) is 93.3 Å². The van der Waals surface area contributed by atoms with Gasteiger partial charge in [-0.25, -0.2) is 8.42 Å². The summed E-state index contributed by atoms with van der Waals surface area (Å²) in [6.07, 6.45) is 0. The monoisotopic (exact) mass is 782 g/mol. The molecule has 0 saturated carbocycles. The molecule has 0 bridgehead atoms. The third-order valence-electron chi connectivity index (χ3n) is 7.33. The Morgan fingerprint density at radius 2 is 1.46 bits per heavy atom. The molecular weight excluding hydrogens is 749 g/mol. The molecule has 8 N–H and O–H groups in total. The number of azo groups is 1. The molecule has 0 aromatic heterocycles. The van der Waals surface area contributed by atoms with Gasteiger partial charge in [0.15, 0.2) is 5.75 Å². The summed E-state index contributed by atoms with van der Waals surface area (Å²) < 4.78 is 100. The number of nitrogens with zero attached hydrogens (tertiary/aromatic N) is 3. The average molecular weight is 783 g/mol. The van der Waals surface area contributed by atoms with E-state index < -0.39 is 70.6 Å². The lowest BCUT2D eigenvalue weighted by molar-refractivity contribution is -0.114. The molecule has 1 amide bonds. The van der Waals surface area contributed by atoms with Crippen LogP contribution in [0.4, 0.5) is 28.4 Å². The van der Waals surface area contributed by atoms with Gasteiger partial charge in [0.1, 0.15) is 22.0 Å². The number of carbonyl (C=O) groups excluding carboxylic acids is 1. The van der Waals surface area contributed by atoms with E-state index in [2.05, 4.69) is 26.4 Å². The molecule has 0 aliphatic carbocycles. The number of benzene rings is 4. The van der Waals surface area contributed by atoms with Crippen LogP contribution in [0.3, 0.4) is 0 Å². The van der Waals surface area contributed by atoms with Crippen molar-refractivity contribution in [2.45, 2.75) is 28.5 Å². The highest BCUT2D eigenvalue weighted by Gasteiger charge is 2.26. The van der Waals surface area contributed by atoms with E-state index in [0.29, 0.717) is 16.9 Å². The number of phenols is 1. The van der Waals surface area contributed by atoms with E-state index in [9.17, 15) is 54.5 Å². The minimum absolute atomic E-state index is 0.0278. The number of hydrazine groups is 1. The van der Waals surface area contributed by atoms with Crippen LogP contribution in [0.2, 0.25) is 0 Å². The fourth-order valence-electron chi connectivity index (χ4n) is 4.92. The van der Waals surface area contributed by atoms with Crippen molar-refractivity contribution in [2.75, 3.05) is 49.6 Å². The van der Waals surface area contributed by atoms with Crippen molar-refractivity contribution in [2.24, 2.45) is 10.2 Å². The third kappa shape index (κ3) is 8.91. The van der Waals surface area contributed by atoms with E-state index in [4.69, 9.17) is 4.74 Å². The molecule has 0 radical (unpaired) electrons. The molecule has 0 aliphatic heterocycles. The molecule has 0 fully saturated rings. The van der Waals surface area contributed by atoms with Crippen LogP contribution in [0, 0.1) is 6.92 Å². The smallest absolute Gasteiger partial charge is 0.296 e. The second kappa shape index (κ2) is 15.7. The Kier molecular flexibility index (Phi) is 12.1. The minimum Gasteiger partial charge on any atom is -0.505 e. The van der Waals surface area contributed by atoms with Crippen LogP contribution < -0.4 is 20.9 Å². The van der Waals surface area contributed by atoms with E-state index in [1.807, 2.05) is 0 Å². The van der Waals surface area contributed by atoms with Crippen LogP contribution in [0.1, 0.15) is 12.5 Å². The van der Waals surface area contributed by atoms with Gasteiger partial charge in [0.05, 0.1) is 47.2 Å². The van der Waals surface area contributed by atoms with Gasteiger partial charge in [0.2, 0.25) is 15.9 Å². The first kappa shape index (κ1) is 39.8. The summed E-state index contributed by atoms with van der Waals surface area (Å²) in [6, 6.07) is 11.0. The average Bonchev–Trinajstić information content (AvgIpc) is 3.06. The van der Waals surface area contributed by atoms with Crippen LogP contribution in [0.25, 0.3) is 10.8 Å². The van der Waals surface area contributed by atoms with Gasteiger partial charge < -0.3 is 36.2 Å². The van der Waals surface area contributed by atoms with Crippen molar-refractivity contribution in [3.8, 4) is 11.5 Å². The number of aryl methyl sites for hydroxylation is 1. The summed E-state index contributed by atoms with van der Waals surface area (Å²) in [5.74, 6) is -1.52. The van der Waals surface area contributed by atoms with Crippen LogP contribution in [0.5, 0.6) is 11.5 Å². The van der Waals surface area contributed by atoms with E-state index in [1.165, 1.54) is 43.5 Å². The Balaban J connectivity index is 1.69. The summed E-state index contributed by atoms with van der Waals surface area (Å²) in [5, 5.41) is 39.2. The van der Waals surface area contributed by atoms with Crippen molar-refractivity contribution in [3.63, 3.8) is 0 Å². The lowest BCUT2D eigenvalue weighted by Crippen LogP contribution is -2.35. The first-order chi connectivity index (χ1) is 24.3. The number of aromatic hydroxyl groups is 1. The zero-order valence-corrected chi connectivity index (χ0v) is 30.0. The maximum atomic E-state index is 12.9. The molecule has 0 aliphatic rings. The summed E-state index contributed by atoms with van der Waals surface area (Å²) in [4.78, 5) is 10.1. The van der Waals surface area contributed by atoms with Crippen LogP contribution >= 0.6 is 0 Å². The van der Waals surface area contributed by atoms with Crippen LogP contribution in [0.15, 0.2) is 79.5 Å². The molecule has 0 spiro atoms. The van der Waals surface area contributed by atoms with Gasteiger partial charge in [0.25, 0.3) is 20.2 Å². The van der Waals surface area contributed by atoms with Gasteiger partial charge in [-0.3, -0.25) is 13.9 Å². The number of carbonyl (C=O) groups is 1. The summed E-state index contributed by atoms with van der Waals surface area (Å²) in [7, 11) is -12.7. The molecular formula is C30H34N6O13S3. The molecule has 280 valence electrons.